The zero-order valence-corrected chi connectivity index (χ0v) is 10.0. The quantitative estimate of drug-likeness (QED) is 0.668. The highest BCUT2D eigenvalue weighted by molar-refractivity contribution is 7.91. The van der Waals surface area contributed by atoms with Crippen molar-refractivity contribution >= 4 is 9.84 Å². The van der Waals surface area contributed by atoms with Gasteiger partial charge in [0.1, 0.15) is 0 Å². The lowest BCUT2D eigenvalue weighted by molar-refractivity contribution is 0.590. The molecule has 0 spiro atoms. The maximum atomic E-state index is 11.3. The van der Waals surface area contributed by atoms with Gasteiger partial charge in [0, 0.05) is 19.6 Å². The first-order valence-electron chi connectivity index (χ1n) is 5.29. The van der Waals surface area contributed by atoms with Crippen LogP contribution in [-0.4, -0.2) is 33.0 Å². The van der Waals surface area contributed by atoms with Gasteiger partial charge in [-0.2, -0.15) is 0 Å². The zero-order valence-electron chi connectivity index (χ0n) is 9.22. The van der Waals surface area contributed by atoms with Gasteiger partial charge in [0.25, 0.3) is 0 Å². The number of hydrogen-bond acceptors (Lipinski definition) is 4. The third-order valence-corrected chi connectivity index (χ3v) is 3.87. The van der Waals surface area contributed by atoms with Crippen molar-refractivity contribution in [2.75, 3.05) is 24.6 Å². The van der Waals surface area contributed by atoms with E-state index in [1.165, 1.54) is 0 Å². The first kappa shape index (κ1) is 13.2. The number of nitrogens with two attached hydrogens (primary N) is 1. The average Bonchev–Trinajstić information content (AvgIpc) is 2.26. The van der Waals surface area contributed by atoms with E-state index in [9.17, 15) is 8.42 Å². The number of rotatable bonds is 7. The van der Waals surface area contributed by atoms with Crippen LogP contribution in [0.5, 0.6) is 0 Å². The Balaban J connectivity index is 2.22. The molecule has 1 aromatic carbocycles. The monoisotopic (exact) mass is 242 g/mol. The minimum atomic E-state index is -2.97. The van der Waals surface area contributed by atoms with Gasteiger partial charge < -0.3 is 11.1 Å². The first-order chi connectivity index (χ1) is 7.64. The molecule has 0 aromatic heterocycles. The minimum absolute atomic E-state index is 0.0695. The summed E-state index contributed by atoms with van der Waals surface area (Å²) in [5.41, 5.74) is 6.36. The Morgan fingerprint density at radius 2 is 1.81 bits per heavy atom. The average molecular weight is 242 g/mol. The Morgan fingerprint density at radius 3 is 2.44 bits per heavy atom. The molecule has 0 aliphatic carbocycles. The van der Waals surface area contributed by atoms with E-state index >= 15 is 0 Å². The van der Waals surface area contributed by atoms with Gasteiger partial charge in [0.05, 0.1) is 11.5 Å². The molecule has 90 valence electrons. The van der Waals surface area contributed by atoms with Crippen LogP contribution in [0.2, 0.25) is 0 Å². The number of hydrogen-bond donors (Lipinski definition) is 2. The van der Waals surface area contributed by atoms with E-state index in [-0.39, 0.29) is 18.1 Å². The highest BCUT2D eigenvalue weighted by Crippen LogP contribution is 1.97. The number of sulfone groups is 1. The Labute approximate surface area is 96.8 Å². The molecule has 0 unspecified atom stereocenters. The molecule has 3 N–H and O–H groups in total. The first-order valence-corrected chi connectivity index (χ1v) is 7.11. The standard InChI is InChI=1S/C11H18N2O2S/c12-6-8-16(14,15)9-7-13-10-11-4-2-1-3-5-11/h1-5,13H,6-10,12H2. The van der Waals surface area contributed by atoms with Crippen LogP contribution >= 0.6 is 0 Å². The molecule has 0 aliphatic heterocycles. The predicted molar refractivity (Wildman–Crippen MR) is 65.9 cm³/mol. The van der Waals surface area contributed by atoms with Crippen molar-refractivity contribution in [2.24, 2.45) is 5.73 Å². The lowest BCUT2D eigenvalue weighted by Gasteiger charge is -2.05. The molecule has 0 aliphatic rings. The van der Waals surface area contributed by atoms with Crippen molar-refractivity contribution < 1.29 is 8.42 Å². The van der Waals surface area contributed by atoms with Crippen LogP contribution in [0.25, 0.3) is 0 Å². The van der Waals surface area contributed by atoms with Crippen molar-refractivity contribution in [1.29, 1.82) is 0 Å². The molecule has 0 fully saturated rings. The molecule has 0 amide bonds. The molecule has 5 heteroatoms. The molecule has 1 aromatic rings. The Bertz CT molecular complexity index is 390. The summed E-state index contributed by atoms with van der Waals surface area (Å²) in [6.45, 7) is 1.36. The summed E-state index contributed by atoms with van der Waals surface area (Å²) in [7, 11) is -2.97. The highest BCUT2D eigenvalue weighted by Gasteiger charge is 2.07. The zero-order chi connectivity index (χ0) is 11.9. The van der Waals surface area contributed by atoms with Gasteiger partial charge in [-0.1, -0.05) is 30.3 Å². The fourth-order valence-corrected chi connectivity index (χ4v) is 2.36. The summed E-state index contributed by atoms with van der Waals surface area (Å²) in [6, 6.07) is 9.88. The molecule has 1 rings (SSSR count). The van der Waals surface area contributed by atoms with E-state index in [2.05, 4.69) is 5.32 Å². The summed E-state index contributed by atoms with van der Waals surface area (Å²) >= 11 is 0. The SMILES string of the molecule is NCCS(=O)(=O)CCNCc1ccccc1. The van der Waals surface area contributed by atoms with Crippen LogP contribution in [0.1, 0.15) is 5.56 Å². The maximum Gasteiger partial charge on any atom is 0.152 e. The highest BCUT2D eigenvalue weighted by atomic mass is 32.2. The molecule has 0 bridgehead atoms. The molecule has 0 heterocycles. The molecule has 16 heavy (non-hydrogen) atoms. The molecule has 0 radical (unpaired) electrons. The maximum absolute atomic E-state index is 11.3. The third-order valence-electron chi connectivity index (χ3n) is 2.19. The lowest BCUT2D eigenvalue weighted by Crippen LogP contribution is -2.26. The van der Waals surface area contributed by atoms with E-state index in [4.69, 9.17) is 5.73 Å². The van der Waals surface area contributed by atoms with Crippen LogP contribution in [0, 0.1) is 0 Å². The Kier molecular flexibility index (Phi) is 5.45. The van der Waals surface area contributed by atoms with E-state index < -0.39 is 9.84 Å². The van der Waals surface area contributed by atoms with E-state index in [1.54, 1.807) is 0 Å². The molecular weight excluding hydrogens is 224 g/mol. The van der Waals surface area contributed by atoms with Gasteiger partial charge >= 0.3 is 0 Å². The molecule has 0 saturated carbocycles. The summed E-state index contributed by atoms with van der Waals surface area (Å²) < 4.78 is 22.6. The smallest absolute Gasteiger partial charge is 0.152 e. The topological polar surface area (TPSA) is 72.2 Å². The lowest BCUT2D eigenvalue weighted by atomic mass is 10.2. The van der Waals surface area contributed by atoms with Crippen LogP contribution in [0.3, 0.4) is 0 Å². The van der Waals surface area contributed by atoms with Crippen LogP contribution < -0.4 is 11.1 Å². The summed E-state index contributed by atoms with van der Waals surface area (Å²) in [4.78, 5) is 0. The minimum Gasteiger partial charge on any atom is -0.329 e. The number of nitrogens with one attached hydrogen (secondary N) is 1. The Hall–Kier alpha value is -0.910. The largest absolute Gasteiger partial charge is 0.329 e. The Morgan fingerprint density at radius 1 is 1.12 bits per heavy atom. The van der Waals surface area contributed by atoms with Gasteiger partial charge in [0.2, 0.25) is 0 Å². The summed E-state index contributed by atoms with van der Waals surface area (Å²) in [6.07, 6.45) is 0. The second-order valence-corrected chi connectivity index (χ2v) is 5.91. The molecule has 0 saturated heterocycles. The van der Waals surface area contributed by atoms with Gasteiger partial charge in [-0.15, -0.1) is 0 Å². The fraction of sp³-hybridized carbons (Fsp3) is 0.455. The third kappa shape index (κ3) is 5.25. The predicted octanol–water partition coefficient (Wildman–Crippen LogP) is 0.150. The van der Waals surface area contributed by atoms with Crippen LogP contribution in [0.15, 0.2) is 30.3 Å². The van der Waals surface area contributed by atoms with Crippen LogP contribution in [-0.2, 0) is 16.4 Å². The second kappa shape index (κ2) is 6.62. The van der Waals surface area contributed by atoms with Crippen LogP contribution in [0.4, 0.5) is 0 Å². The second-order valence-electron chi connectivity index (χ2n) is 3.60. The van der Waals surface area contributed by atoms with Gasteiger partial charge in [-0.3, -0.25) is 0 Å². The molecule has 0 atom stereocenters. The van der Waals surface area contributed by atoms with Crippen molar-refractivity contribution in [3.63, 3.8) is 0 Å². The van der Waals surface area contributed by atoms with Crippen molar-refractivity contribution in [3.05, 3.63) is 35.9 Å². The molecular formula is C11H18N2O2S. The van der Waals surface area contributed by atoms with Crippen molar-refractivity contribution in [1.82, 2.24) is 5.32 Å². The summed E-state index contributed by atoms with van der Waals surface area (Å²) in [5.74, 6) is 0.219. The normalized spacial score (nSPS) is 11.6. The molecule has 4 nitrogen and oxygen atoms in total. The van der Waals surface area contributed by atoms with E-state index in [1.807, 2.05) is 30.3 Å². The van der Waals surface area contributed by atoms with E-state index in [0.29, 0.717) is 13.1 Å². The van der Waals surface area contributed by atoms with E-state index in [0.717, 1.165) is 5.56 Å². The van der Waals surface area contributed by atoms with Gasteiger partial charge in [0.15, 0.2) is 9.84 Å². The number of benzene rings is 1. The summed E-state index contributed by atoms with van der Waals surface area (Å²) in [5, 5.41) is 3.10. The van der Waals surface area contributed by atoms with Gasteiger partial charge in [-0.05, 0) is 5.56 Å². The fourth-order valence-electron chi connectivity index (χ4n) is 1.34. The van der Waals surface area contributed by atoms with Crippen molar-refractivity contribution in [2.45, 2.75) is 6.54 Å². The van der Waals surface area contributed by atoms with Gasteiger partial charge in [-0.25, -0.2) is 8.42 Å². The van der Waals surface area contributed by atoms with Crippen molar-refractivity contribution in [3.8, 4) is 0 Å².